The van der Waals surface area contributed by atoms with Crippen LogP contribution < -0.4 is 10.6 Å². The van der Waals surface area contributed by atoms with Crippen LogP contribution in [-0.4, -0.2) is 15.9 Å². The first-order chi connectivity index (χ1) is 12.2. The number of pyridine rings is 2. The molecule has 3 aromatic rings. The molecule has 2 aromatic heterocycles. The summed E-state index contributed by atoms with van der Waals surface area (Å²) in [7, 11) is 0. The minimum Gasteiger partial charge on any atom is -0.381 e. The van der Waals surface area contributed by atoms with Gasteiger partial charge in [-0.05, 0) is 42.0 Å². The summed E-state index contributed by atoms with van der Waals surface area (Å²) < 4.78 is 0. The highest BCUT2D eigenvalue weighted by Crippen LogP contribution is 2.13. The summed E-state index contributed by atoms with van der Waals surface area (Å²) >= 11 is 5.88. The van der Waals surface area contributed by atoms with Crippen LogP contribution >= 0.6 is 11.6 Å². The number of nitrogens with one attached hydrogen (secondary N) is 2. The van der Waals surface area contributed by atoms with Gasteiger partial charge in [0, 0.05) is 29.6 Å². The molecule has 0 saturated heterocycles. The molecular formula is C19H17ClN4O. The zero-order valence-corrected chi connectivity index (χ0v) is 14.2. The highest BCUT2D eigenvalue weighted by molar-refractivity contribution is 6.30. The van der Waals surface area contributed by atoms with Crippen molar-refractivity contribution in [3.05, 3.63) is 89.0 Å². The van der Waals surface area contributed by atoms with Gasteiger partial charge in [0.15, 0.2) is 0 Å². The molecule has 0 atom stereocenters. The number of nitrogens with zero attached hydrogens (tertiary/aromatic N) is 2. The van der Waals surface area contributed by atoms with Crippen molar-refractivity contribution in [3.63, 3.8) is 0 Å². The molecule has 0 radical (unpaired) electrons. The van der Waals surface area contributed by atoms with Gasteiger partial charge in [0.05, 0.1) is 12.2 Å². The van der Waals surface area contributed by atoms with Crippen LogP contribution in [0.2, 0.25) is 5.02 Å². The SMILES string of the molecule is O=C(NCc1ccccn1)c1cc(NCc2ccc(Cl)cc2)ccn1. The van der Waals surface area contributed by atoms with Crippen molar-refractivity contribution < 1.29 is 4.79 Å². The van der Waals surface area contributed by atoms with Crippen molar-refractivity contribution in [2.45, 2.75) is 13.1 Å². The number of halogens is 1. The maximum Gasteiger partial charge on any atom is 0.270 e. The van der Waals surface area contributed by atoms with E-state index in [1.807, 2.05) is 48.5 Å². The number of benzene rings is 1. The van der Waals surface area contributed by atoms with Crippen LogP contribution in [0.1, 0.15) is 21.7 Å². The lowest BCUT2D eigenvalue weighted by Crippen LogP contribution is -2.24. The Balaban J connectivity index is 1.58. The molecule has 1 aromatic carbocycles. The summed E-state index contributed by atoms with van der Waals surface area (Å²) in [6.07, 6.45) is 3.31. The van der Waals surface area contributed by atoms with Gasteiger partial charge in [0.1, 0.15) is 5.69 Å². The van der Waals surface area contributed by atoms with E-state index in [4.69, 9.17) is 11.6 Å². The van der Waals surface area contributed by atoms with Crippen molar-refractivity contribution in [1.82, 2.24) is 15.3 Å². The van der Waals surface area contributed by atoms with Gasteiger partial charge in [-0.15, -0.1) is 0 Å². The summed E-state index contributed by atoms with van der Waals surface area (Å²) in [5, 5.41) is 6.80. The molecule has 2 heterocycles. The van der Waals surface area contributed by atoms with Crippen molar-refractivity contribution >= 4 is 23.2 Å². The predicted octanol–water partition coefficient (Wildman–Crippen LogP) is 3.67. The van der Waals surface area contributed by atoms with Crippen LogP contribution in [0.4, 0.5) is 5.69 Å². The monoisotopic (exact) mass is 352 g/mol. The fraction of sp³-hybridized carbons (Fsp3) is 0.105. The van der Waals surface area contributed by atoms with Gasteiger partial charge in [0.2, 0.25) is 0 Å². The van der Waals surface area contributed by atoms with Gasteiger partial charge in [-0.3, -0.25) is 14.8 Å². The molecule has 6 heteroatoms. The van der Waals surface area contributed by atoms with E-state index in [1.54, 1.807) is 18.5 Å². The molecule has 126 valence electrons. The Morgan fingerprint density at radius 1 is 0.960 bits per heavy atom. The third-order valence-corrected chi connectivity index (χ3v) is 3.81. The molecule has 0 unspecified atom stereocenters. The smallest absolute Gasteiger partial charge is 0.270 e. The highest BCUT2D eigenvalue weighted by Gasteiger charge is 2.08. The molecule has 0 fully saturated rings. The van der Waals surface area contributed by atoms with E-state index >= 15 is 0 Å². The maximum atomic E-state index is 12.2. The number of carbonyl (C=O) groups is 1. The van der Waals surface area contributed by atoms with Crippen molar-refractivity contribution in [2.75, 3.05) is 5.32 Å². The predicted molar refractivity (Wildman–Crippen MR) is 98.4 cm³/mol. The topological polar surface area (TPSA) is 66.9 Å². The Bertz CT molecular complexity index is 838. The fourth-order valence-corrected chi connectivity index (χ4v) is 2.36. The number of amides is 1. The third-order valence-electron chi connectivity index (χ3n) is 3.56. The number of rotatable bonds is 6. The summed E-state index contributed by atoms with van der Waals surface area (Å²) in [5.41, 5.74) is 3.08. The van der Waals surface area contributed by atoms with Crippen LogP contribution in [0.25, 0.3) is 0 Å². The van der Waals surface area contributed by atoms with Gasteiger partial charge in [-0.2, -0.15) is 0 Å². The van der Waals surface area contributed by atoms with E-state index in [0.29, 0.717) is 23.8 Å². The second-order valence-electron chi connectivity index (χ2n) is 5.41. The van der Waals surface area contributed by atoms with Crippen LogP contribution in [0.5, 0.6) is 0 Å². The molecule has 2 N–H and O–H groups in total. The number of aromatic nitrogens is 2. The Labute approximate surface area is 151 Å². The number of carbonyl (C=O) groups excluding carboxylic acids is 1. The third kappa shape index (κ3) is 5.02. The first kappa shape index (κ1) is 16.9. The summed E-state index contributed by atoms with van der Waals surface area (Å²) in [6.45, 7) is 1.000. The van der Waals surface area contributed by atoms with Crippen LogP contribution in [0.3, 0.4) is 0 Å². The van der Waals surface area contributed by atoms with E-state index in [1.165, 1.54) is 0 Å². The molecule has 1 amide bonds. The van der Waals surface area contributed by atoms with E-state index in [9.17, 15) is 4.79 Å². The van der Waals surface area contributed by atoms with Crippen molar-refractivity contribution in [1.29, 1.82) is 0 Å². The first-order valence-electron chi connectivity index (χ1n) is 7.83. The zero-order chi connectivity index (χ0) is 17.5. The molecule has 0 aliphatic carbocycles. The number of hydrogen-bond acceptors (Lipinski definition) is 4. The first-order valence-corrected chi connectivity index (χ1v) is 8.21. The molecule has 0 saturated carbocycles. The molecular weight excluding hydrogens is 336 g/mol. The van der Waals surface area contributed by atoms with Gasteiger partial charge < -0.3 is 10.6 Å². The molecule has 0 aliphatic rings. The molecule has 0 aliphatic heterocycles. The van der Waals surface area contributed by atoms with Crippen LogP contribution in [0.15, 0.2) is 67.0 Å². The molecule has 0 bridgehead atoms. The second-order valence-corrected chi connectivity index (χ2v) is 5.85. The van der Waals surface area contributed by atoms with E-state index in [-0.39, 0.29) is 5.91 Å². The minimum absolute atomic E-state index is 0.235. The molecule has 3 rings (SSSR count). The zero-order valence-electron chi connectivity index (χ0n) is 13.4. The number of anilines is 1. The average molecular weight is 353 g/mol. The standard InChI is InChI=1S/C19H17ClN4O/c20-15-6-4-14(5-7-15)12-23-16-8-10-22-18(11-16)19(25)24-13-17-3-1-2-9-21-17/h1-11H,12-13H2,(H,22,23)(H,24,25). The van der Waals surface area contributed by atoms with Crippen LogP contribution in [-0.2, 0) is 13.1 Å². The lowest BCUT2D eigenvalue weighted by molar-refractivity contribution is 0.0945. The van der Waals surface area contributed by atoms with Gasteiger partial charge >= 0.3 is 0 Å². The van der Waals surface area contributed by atoms with Crippen molar-refractivity contribution in [3.8, 4) is 0 Å². The Morgan fingerprint density at radius 2 is 1.80 bits per heavy atom. The van der Waals surface area contributed by atoms with E-state index in [0.717, 1.165) is 16.9 Å². The van der Waals surface area contributed by atoms with Gasteiger partial charge in [-0.1, -0.05) is 29.8 Å². The minimum atomic E-state index is -0.235. The van der Waals surface area contributed by atoms with Crippen molar-refractivity contribution in [2.24, 2.45) is 0 Å². The normalized spacial score (nSPS) is 10.3. The largest absolute Gasteiger partial charge is 0.381 e. The second kappa shape index (κ2) is 8.26. The Morgan fingerprint density at radius 3 is 2.56 bits per heavy atom. The fourth-order valence-electron chi connectivity index (χ4n) is 2.24. The highest BCUT2D eigenvalue weighted by atomic mass is 35.5. The van der Waals surface area contributed by atoms with E-state index < -0.39 is 0 Å². The maximum absolute atomic E-state index is 12.2. The molecule has 5 nitrogen and oxygen atoms in total. The molecule has 25 heavy (non-hydrogen) atoms. The average Bonchev–Trinajstić information content (AvgIpc) is 2.67. The molecule has 0 spiro atoms. The number of hydrogen-bond donors (Lipinski definition) is 2. The van der Waals surface area contributed by atoms with Gasteiger partial charge in [-0.25, -0.2) is 0 Å². The summed E-state index contributed by atoms with van der Waals surface area (Å²) in [4.78, 5) is 20.5. The van der Waals surface area contributed by atoms with E-state index in [2.05, 4.69) is 20.6 Å². The lowest BCUT2D eigenvalue weighted by atomic mass is 10.2. The summed E-state index contributed by atoms with van der Waals surface area (Å²) in [6, 6.07) is 16.7. The Hall–Kier alpha value is -2.92. The lowest BCUT2D eigenvalue weighted by Gasteiger charge is -2.09. The van der Waals surface area contributed by atoms with Crippen LogP contribution in [0, 0.1) is 0 Å². The van der Waals surface area contributed by atoms with Gasteiger partial charge in [0.25, 0.3) is 5.91 Å². The quantitative estimate of drug-likeness (QED) is 0.710. The Kier molecular flexibility index (Phi) is 5.59. The summed E-state index contributed by atoms with van der Waals surface area (Å²) in [5.74, 6) is -0.235.